The smallest absolute Gasteiger partial charge is 0.239 e. The molecule has 2 aliphatic rings. The van der Waals surface area contributed by atoms with Crippen LogP contribution in [0.3, 0.4) is 0 Å². The van der Waals surface area contributed by atoms with Crippen LogP contribution in [-0.2, 0) is 15.7 Å². The zero-order valence-corrected chi connectivity index (χ0v) is 19.1. The molecule has 1 heterocycles. The van der Waals surface area contributed by atoms with Gasteiger partial charge in [0.25, 0.3) is 0 Å². The van der Waals surface area contributed by atoms with Crippen LogP contribution in [0.1, 0.15) is 42.4 Å². The van der Waals surface area contributed by atoms with E-state index in [0.717, 1.165) is 40.7 Å². The highest BCUT2D eigenvalue weighted by Gasteiger charge is 2.48. The van der Waals surface area contributed by atoms with E-state index < -0.39 is 16.9 Å². The Morgan fingerprint density at radius 2 is 1.68 bits per heavy atom. The van der Waals surface area contributed by atoms with Crippen molar-refractivity contribution >= 4 is 11.9 Å². The lowest BCUT2D eigenvalue weighted by Crippen LogP contribution is -2.52. The van der Waals surface area contributed by atoms with E-state index >= 15 is 0 Å². The highest BCUT2D eigenvalue weighted by molar-refractivity contribution is 6.02. The Bertz CT molecular complexity index is 1350. The molecular formula is C28H25FN4O. The molecule has 1 unspecified atom stereocenters. The number of hydrogen-bond acceptors (Lipinski definition) is 4. The molecule has 3 aromatic carbocycles. The van der Waals surface area contributed by atoms with Gasteiger partial charge in [0, 0.05) is 7.05 Å². The molecule has 2 atom stereocenters. The first-order valence-electron chi connectivity index (χ1n) is 11.3. The summed E-state index contributed by atoms with van der Waals surface area (Å²) in [6.45, 7) is 1.91. The summed E-state index contributed by atoms with van der Waals surface area (Å²) < 4.78 is 13.9. The van der Waals surface area contributed by atoms with Crippen LogP contribution in [0.4, 0.5) is 4.39 Å². The third-order valence-electron chi connectivity index (χ3n) is 7.20. The molecule has 5 nitrogen and oxygen atoms in total. The number of nitrogens with two attached hydrogens (primary N) is 1. The van der Waals surface area contributed by atoms with Crippen molar-refractivity contribution in [2.24, 2.45) is 10.7 Å². The van der Waals surface area contributed by atoms with E-state index in [9.17, 15) is 14.4 Å². The zero-order valence-electron chi connectivity index (χ0n) is 19.1. The van der Waals surface area contributed by atoms with Crippen molar-refractivity contribution in [1.29, 1.82) is 5.26 Å². The number of likely N-dealkylation sites (N-methyl/N-ethyl adjacent to an activating group) is 1. The average Bonchev–Trinajstić information content (AvgIpc) is 3.65. The van der Waals surface area contributed by atoms with Crippen molar-refractivity contribution in [2.45, 2.75) is 36.6 Å². The van der Waals surface area contributed by atoms with Crippen molar-refractivity contribution in [3.05, 3.63) is 95.3 Å². The number of nitrogens with zero attached hydrogens (tertiary/aromatic N) is 3. The number of hydrogen-bond donors (Lipinski definition) is 1. The number of guanidine groups is 1. The van der Waals surface area contributed by atoms with Crippen LogP contribution < -0.4 is 5.73 Å². The number of carbonyl (C=O) groups excluding carboxylic acids is 1. The van der Waals surface area contributed by atoms with E-state index in [2.05, 4.69) is 6.07 Å². The number of aliphatic imine (C=N–C) groups is 1. The van der Waals surface area contributed by atoms with Crippen molar-refractivity contribution in [3.8, 4) is 17.2 Å². The van der Waals surface area contributed by atoms with E-state index in [4.69, 9.17) is 10.7 Å². The Morgan fingerprint density at radius 1 is 1.03 bits per heavy atom. The third-order valence-corrected chi connectivity index (χ3v) is 7.20. The molecule has 34 heavy (non-hydrogen) atoms. The molecule has 6 heteroatoms. The predicted molar refractivity (Wildman–Crippen MR) is 129 cm³/mol. The van der Waals surface area contributed by atoms with Gasteiger partial charge in [-0.05, 0) is 65.8 Å². The summed E-state index contributed by atoms with van der Waals surface area (Å²) in [5, 5.41) is 9.54. The predicted octanol–water partition coefficient (Wildman–Crippen LogP) is 4.83. The van der Waals surface area contributed by atoms with Gasteiger partial charge in [-0.25, -0.2) is 9.38 Å². The Kier molecular flexibility index (Phi) is 5.02. The lowest BCUT2D eigenvalue weighted by atomic mass is 9.73. The van der Waals surface area contributed by atoms with Gasteiger partial charge in [-0.1, -0.05) is 54.6 Å². The molecule has 2 N–H and O–H groups in total. The Balaban J connectivity index is 1.61. The van der Waals surface area contributed by atoms with Gasteiger partial charge in [-0.2, -0.15) is 5.26 Å². The molecule has 1 aliphatic heterocycles. The summed E-state index contributed by atoms with van der Waals surface area (Å²) in [5.74, 6) is -0.924. The normalized spacial score (nSPS) is 23.2. The fourth-order valence-electron chi connectivity index (χ4n) is 4.89. The number of nitriles is 1. The average molecular weight is 453 g/mol. The molecule has 5 rings (SSSR count). The minimum Gasteiger partial charge on any atom is -0.369 e. The first-order chi connectivity index (χ1) is 16.3. The van der Waals surface area contributed by atoms with Gasteiger partial charge in [-0.3, -0.25) is 9.69 Å². The van der Waals surface area contributed by atoms with Crippen molar-refractivity contribution in [3.63, 3.8) is 0 Å². The zero-order chi connectivity index (χ0) is 24.1. The molecule has 0 spiro atoms. The maximum absolute atomic E-state index is 13.9. The maximum atomic E-state index is 13.9. The minimum atomic E-state index is -0.967. The minimum absolute atomic E-state index is 0.151. The molecule has 0 aromatic heterocycles. The number of benzene rings is 3. The fourth-order valence-corrected chi connectivity index (χ4v) is 4.89. The SMILES string of the molecule is CN1C(=O)C(c2ccc(C3(C#N)CC3)cc2)[C@@](C)(c2cccc(-c3cccc(F)c3)c2)N=C1N. The molecule has 1 saturated carbocycles. The highest BCUT2D eigenvalue weighted by atomic mass is 19.1. The van der Waals surface area contributed by atoms with Crippen LogP contribution in [-0.4, -0.2) is 23.8 Å². The molecule has 0 radical (unpaired) electrons. The van der Waals surface area contributed by atoms with Gasteiger partial charge >= 0.3 is 0 Å². The van der Waals surface area contributed by atoms with Crippen molar-refractivity contribution in [1.82, 2.24) is 4.90 Å². The monoisotopic (exact) mass is 452 g/mol. The van der Waals surface area contributed by atoms with Crippen molar-refractivity contribution < 1.29 is 9.18 Å². The van der Waals surface area contributed by atoms with Gasteiger partial charge in [-0.15, -0.1) is 0 Å². The van der Waals surface area contributed by atoms with E-state index in [0.29, 0.717) is 0 Å². The standard InChI is InChI=1S/C28H25FN4O/c1-27(22-7-3-5-19(15-22)20-6-4-8-23(29)16-20)24(25(34)33(2)26(31)32-27)18-9-11-21(12-10-18)28(17-30)13-14-28/h3-12,15-16,24H,13-14H2,1-2H3,(H2,31,32)/t24?,27-/m1/s1. The van der Waals surface area contributed by atoms with Crippen LogP contribution in [0.25, 0.3) is 11.1 Å². The van der Waals surface area contributed by atoms with Gasteiger partial charge in [0.1, 0.15) is 11.4 Å². The fraction of sp³-hybridized carbons (Fsp3) is 0.250. The first kappa shape index (κ1) is 21.8. The molecule has 170 valence electrons. The van der Waals surface area contributed by atoms with Gasteiger partial charge in [0.15, 0.2) is 5.96 Å². The Hall–Kier alpha value is -3.98. The number of carbonyl (C=O) groups is 1. The van der Waals surface area contributed by atoms with Gasteiger partial charge in [0.05, 0.1) is 17.4 Å². The van der Waals surface area contributed by atoms with E-state index in [1.165, 1.54) is 17.0 Å². The largest absolute Gasteiger partial charge is 0.369 e. The quantitative estimate of drug-likeness (QED) is 0.615. The number of amides is 1. The lowest BCUT2D eigenvalue weighted by Gasteiger charge is -2.41. The van der Waals surface area contributed by atoms with Crippen LogP contribution in [0.5, 0.6) is 0 Å². The summed E-state index contributed by atoms with van der Waals surface area (Å²) >= 11 is 0. The van der Waals surface area contributed by atoms with Crippen LogP contribution in [0.2, 0.25) is 0 Å². The Labute approximate surface area is 198 Å². The topological polar surface area (TPSA) is 82.5 Å². The van der Waals surface area contributed by atoms with Gasteiger partial charge in [0.2, 0.25) is 5.91 Å². The second-order valence-electron chi connectivity index (χ2n) is 9.35. The summed E-state index contributed by atoms with van der Waals surface area (Å²) in [4.78, 5) is 19.7. The van der Waals surface area contributed by atoms with Crippen LogP contribution in [0, 0.1) is 17.1 Å². The van der Waals surface area contributed by atoms with Crippen LogP contribution in [0.15, 0.2) is 77.8 Å². The van der Waals surface area contributed by atoms with Gasteiger partial charge < -0.3 is 5.73 Å². The highest BCUT2D eigenvalue weighted by Crippen LogP contribution is 2.49. The first-order valence-corrected chi connectivity index (χ1v) is 11.3. The van der Waals surface area contributed by atoms with E-state index in [1.54, 1.807) is 13.1 Å². The van der Waals surface area contributed by atoms with Crippen LogP contribution >= 0.6 is 0 Å². The molecule has 1 fully saturated rings. The molecule has 0 saturated heterocycles. The number of halogens is 1. The second-order valence-corrected chi connectivity index (χ2v) is 9.35. The third kappa shape index (κ3) is 3.45. The lowest BCUT2D eigenvalue weighted by molar-refractivity contribution is -0.130. The summed E-state index contributed by atoms with van der Waals surface area (Å²) in [5.41, 5.74) is 8.98. The van der Waals surface area contributed by atoms with E-state index in [-0.39, 0.29) is 17.7 Å². The maximum Gasteiger partial charge on any atom is 0.239 e. The molecule has 1 aliphatic carbocycles. The van der Waals surface area contributed by atoms with Crippen molar-refractivity contribution in [2.75, 3.05) is 7.05 Å². The van der Waals surface area contributed by atoms with E-state index in [1.807, 2.05) is 61.5 Å². The Morgan fingerprint density at radius 3 is 2.29 bits per heavy atom. The summed E-state index contributed by atoms with van der Waals surface area (Å²) in [6.07, 6.45) is 1.72. The number of rotatable bonds is 4. The summed E-state index contributed by atoms with van der Waals surface area (Å²) in [6, 6.07) is 24.2. The summed E-state index contributed by atoms with van der Waals surface area (Å²) in [7, 11) is 1.63. The molecule has 0 bridgehead atoms. The second kappa shape index (κ2) is 7.81. The molecule has 1 amide bonds. The molecular weight excluding hydrogens is 427 g/mol. The molecule has 3 aromatic rings.